The topological polar surface area (TPSA) is 70.1 Å². The van der Waals surface area contributed by atoms with Crippen molar-refractivity contribution in [3.63, 3.8) is 0 Å². The maximum absolute atomic E-state index is 9.57. The second-order valence-corrected chi connectivity index (χ2v) is 5.31. The van der Waals surface area contributed by atoms with E-state index in [9.17, 15) is 5.11 Å². The zero-order valence-electron chi connectivity index (χ0n) is 11.6. The predicted octanol–water partition coefficient (Wildman–Crippen LogP) is 2.39. The van der Waals surface area contributed by atoms with E-state index in [2.05, 4.69) is 20.6 Å². The number of benzene rings is 1. The summed E-state index contributed by atoms with van der Waals surface area (Å²) in [6, 6.07) is 8.23. The van der Waals surface area contributed by atoms with Crippen LogP contribution >= 0.6 is 0 Å². The molecule has 5 nitrogen and oxygen atoms in total. The minimum Gasteiger partial charge on any atom is -0.393 e. The number of aliphatic hydroxyl groups excluding tert-OH is 1. The minimum absolute atomic E-state index is 0.139. The molecule has 1 saturated carbocycles. The second kappa shape index (κ2) is 5.63. The summed E-state index contributed by atoms with van der Waals surface area (Å²) in [6.07, 6.45) is 3.51. The summed E-state index contributed by atoms with van der Waals surface area (Å²) in [5.41, 5.74) is 1.78. The first kappa shape index (κ1) is 13.1. The molecule has 0 atom stereocenters. The molecule has 1 aromatic heterocycles. The first-order valence-electron chi connectivity index (χ1n) is 7.15. The molecular formula is C15H20N4O. The number of rotatable bonds is 3. The average Bonchev–Trinajstić information content (AvgIpc) is 2.49. The maximum Gasteiger partial charge on any atom is 0.169 e. The van der Waals surface area contributed by atoms with Crippen LogP contribution in [0.15, 0.2) is 24.3 Å². The fourth-order valence-corrected chi connectivity index (χ4v) is 2.69. The highest BCUT2D eigenvalue weighted by Crippen LogP contribution is 2.26. The van der Waals surface area contributed by atoms with Crippen molar-refractivity contribution >= 4 is 22.7 Å². The standard InChI is InChI=1S/C15H20N4O/c1-16-14-15(17-10-6-8-11(20)9-7-10)19-13-5-3-2-4-12(13)18-14/h2-5,10-11,20H,6-9H2,1H3,(H,16,18)(H,17,19). The first-order chi connectivity index (χ1) is 9.76. The van der Waals surface area contributed by atoms with Gasteiger partial charge in [0.1, 0.15) is 0 Å². The SMILES string of the molecule is CNc1nc2ccccc2nc1NC1CCC(O)CC1. The van der Waals surface area contributed by atoms with Crippen molar-refractivity contribution in [3.8, 4) is 0 Å². The monoisotopic (exact) mass is 272 g/mol. The van der Waals surface area contributed by atoms with E-state index >= 15 is 0 Å². The van der Waals surface area contributed by atoms with E-state index in [-0.39, 0.29) is 6.10 Å². The van der Waals surface area contributed by atoms with E-state index in [1.54, 1.807) is 0 Å². The van der Waals surface area contributed by atoms with Gasteiger partial charge < -0.3 is 15.7 Å². The molecule has 2 aromatic rings. The van der Waals surface area contributed by atoms with Gasteiger partial charge in [-0.05, 0) is 37.8 Å². The van der Waals surface area contributed by atoms with Crippen molar-refractivity contribution in [2.75, 3.05) is 17.7 Å². The van der Waals surface area contributed by atoms with Crippen LogP contribution in [-0.4, -0.2) is 34.3 Å². The summed E-state index contributed by atoms with van der Waals surface area (Å²) in [6.45, 7) is 0. The Morgan fingerprint density at radius 3 is 2.20 bits per heavy atom. The lowest BCUT2D eigenvalue weighted by Gasteiger charge is -2.27. The Morgan fingerprint density at radius 2 is 1.60 bits per heavy atom. The quantitative estimate of drug-likeness (QED) is 0.800. The molecule has 0 bridgehead atoms. The molecule has 106 valence electrons. The predicted molar refractivity (Wildman–Crippen MR) is 81.0 cm³/mol. The fraction of sp³-hybridized carbons (Fsp3) is 0.467. The van der Waals surface area contributed by atoms with E-state index in [0.29, 0.717) is 6.04 Å². The molecule has 1 aromatic carbocycles. The van der Waals surface area contributed by atoms with Crippen LogP contribution in [-0.2, 0) is 0 Å². The van der Waals surface area contributed by atoms with Gasteiger partial charge in [0.2, 0.25) is 0 Å². The van der Waals surface area contributed by atoms with E-state index in [4.69, 9.17) is 0 Å². The average molecular weight is 272 g/mol. The summed E-state index contributed by atoms with van der Waals surface area (Å²) < 4.78 is 0. The van der Waals surface area contributed by atoms with E-state index in [0.717, 1.165) is 48.4 Å². The number of hydrogen-bond acceptors (Lipinski definition) is 5. The fourth-order valence-electron chi connectivity index (χ4n) is 2.69. The van der Waals surface area contributed by atoms with Crippen molar-refractivity contribution in [2.45, 2.75) is 37.8 Å². The number of nitrogens with zero attached hydrogens (tertiary/aromatic N) is 2. The van der Waals surface area contributed by atoms with Crippen LogP contribution in [0.4, 0.5) is 11.6 Å². The number of aliphatic hydroxyl groups is 1. The van der Waals surface area contributed by atoms with Gasteiger partial charge in [-0.3, -0.25) is 0 Å². The summed E-state index contributed by atoms with van der Waals surface area (Å²) in [5.74, 6) is 1.57. The first-order valence-corrected chi connectivity index (χ1v) is 7.15. The van der Waals surface area contributed by atoms with E-state index < -0.39 is 0 Å². The van der Waals surface area contributed by atoms with Gasteiger partial charge in [0.25, 0.3) is 0 Å². The van der Waals surface area contributed by atoms with Crippen molar-refractivity contribution < 1.29 is 5.11 Å². The Hall–Kier alpha value is -1.88. The van der Waals surface area contributed by atoms with Crippen LogP contribution in [0.25, 0.3) is 11.0 Å². The molecule has 1 heterocycles. The summed E-state index contributed by atoms with van der Waals surface area (Å²) in [7, 11) is 1.86. The van der Waals surface area contributed by atoms with Gasteiger partial charge in [-0.1, -0.05) is 12.1 Å². The third-order valence-electron chi connectivity index (χ3n) is 3.84. The molecule has 1 aliphatic rings. The van der Waals surface area contributed by atoms with Crippen LogP contribution in [0.3, 0.4) is 0 Å². The van der Waals surface area contributed by atoms with Gasteiger partial charge in [0, 0.05) is 13.1 Å². The Labute approximate surface area is 118 Å². The molecule has 0 unspecified atom stereocenters. The molecule has 20 heavy (non-hydrogen) atoms. The van der Waals surface area contributed by atoms with Crippen LogP contribution in [0.1, 0.15) is 25.7 Å². The highest BCUT2D eigenvalue weighted by Gasteiger charge is 2.20. The van der Waals surface area contributed by atoms with E-state index in [1.165, 1.54) is 0 Å². The highest BCUT2D eigenvalue weighted by atomic mass is 16.3. The van der Waals surface area contributed by atoms with Gasteiger partial charge in [0.05, 0.1) is 17.1 Å². The summed E-state index contributed by atoms with van der Waals surface area (Å²) in [4.78, 5) is 9.25. The van der Waals surface area contributed by atoms with Gasteiger partial charge in [-0.2, -0.15) is 0 Å². The van der Waals surface area contributed by atoms with Crippen molar-refractivity contribution in [3.05, 3.63) is 24.3 Å². The van der Waals surface area contributed by atoms with Gasteiger partial charge >= 0.3 is 0 Å². The Balaban J connectivity index is 1.86. The van der Waals surface area contributed by atoms with E-state index in [1.807, 2.05) is 31.3 Å². The molecule has 5 heteroatoms. The van der Waals surface area contributed by atoms with Crippen LogP contribution in [0.5, 0.6) is 0 Å². The van der Waals surface area contributed by atoms with Crippen LogP contribution in [0, 0.1) is 0 Å². The maximum atomic E-state index is 9.57. The number of fused-ring (bicyclic) bond motifs is 1. The third kappa shape index (κ3) is 2.67. The Bertz CT molecular complexity index is 593. The molecule has 1 fully saturated rings. The van der Waals surface area contributed by atoms with Crippen LogP contribution < -0.4 is 10.6 Å². The van der Waals surface area contributed by atoms with Crippen molar-refractivity contribution in [1.82, 2.24) is 9.97 Å². The molecule has 0 spiro atoms. The Morgan fingerprint density at radius 1 is 1.00 bits per heavy atom. The molecule has 3 rings (SSSR count). The number of para-hydroxylation sites is 2. The number of anilines is 2. The normalized spacial score (nSPS) is 22.7. The second-order valence-electron chi connectivity index (χ2n) is 5.31. The largest absolute Gasteiger partial charge is 0.393 e. The third-order valence-corrected chi connectivity index (χ3v) is 3.84. The van der Waals surface area contributed by atoms with Crippen molar-refractivity contribution in [1.29, 1.82) is 0 Å². The minimum atomic E-state index is -0.139. The lowest BCUT2D eigenvalue weighted by molar-refractivity contribution is 0.126. The van der Waals surface area contributed by atoms with Crippen LogP contribution in [0.2, 0.25) is 0 Å². The smallest absolute Gasteiger partial charge is 0.169 e. The molecule has 3 N–H and O–H groups in total. The number of aromatic nitrogens is 2. The lowest BCUT2D eigenvalue weighted by atomic mass is 9.93. The lowest BCUT2D eigenvalue weighted by Crippen LogP contribution is -2.29. The Kier molecular flexibility index (Phi) is 3.69. The number of hydrogen-bond donors (Lipinski definition) is 3. The zero-order valence-corrected chi connectivity index (χ0v) is 11.6. The summed E-state index contributed by atoms with van der Waals surface area (Å²) >= 11 is 0. The molecule has 0 radical (unpaired) electrons. The molecule has 1 aliphatic carbocycles. The molecule has 0 aliphatic heterocycles. The van der Waals surface area contributed by atoms with Gasteiger partial charge in [-0.15, -0.1) is 0 Å². The van der Waals surface area contributed by atoms with Crippen molar-refractivity contribution in [2.24, 2.45) is 0 Å². The molecular weight excluding hydrogens is 252 g/mol. The molecule has 0 saturated heterocycles. The molecule has 0 amide bonds. The number of nitrogens with one attached hydrogen (secondary N) is 2. The summed E-state index contributed by atoms with van der Waals surface area (Å²) in [5, 5.41) is 16.1. The van der Waals surface area contributed by atoms with Gasteiger partial charge in [0.15, 0.2) is 11.6 Å². The zero-order chi connectivity index (χ0) is 13.9. The highest BCUT2D eigenvalue weighted by molar-refractivity contribution is 5.80. The van der Waals surface area contributed by atoms with Gasteiger partial charge in [-0.25, -0.2) is 9.97 Å².